The first-order valence-electron chi connectivity index (χ1n) is 8.96. The fraction of sp³-hybridized carbons (Fsp3) is 0.333. The Labute approximate surface area is 164 Å². The maximum atomic E-state index is 12.4. The van der Waals surface area contributed by atoms with Crippen molar-refractivity contribution in [3.63, 3.8) is 0 Å². The molecule has 0 radical (unpaired) electrons. The van der Waals surface area contributed by atoms with E-state index in [1.165, 1.54) is 12.5 Å². The van der Waals surface area contributed by atoms with E-state index in [2.05, 4.69) is 0 Å². The Kier molecular flexibility index (Phi) is 6.01. The summed E-state index contributed by atoms with van der Waals surface area (Å²) in [5, 5.41) is 0.646. The second-order valence-corrected chi connectivity index (χ2v) is 7.32. The van der Waals surface area contributed by atoms with Crippen LogP contribution in [0.5, 0.6) is 0 Å². The van der Waals surface area contributed by atoms with Crippen LogP contribution in [0.15, 0.2) is 47.3 Å². The number of amides is 1. The third-order valence-electron chi connectivity index (χ3n) is 4.86. The number of hydrogen-bond donors (Lipinski definition) is 0. The predicted molar refractivity (Wildman–Crippen MR) is 107 cm³/mol. The SMILES string of the molecule is CN(C)c1ccc(/C=C/C(=O)N2CCC(C(=O)c3ccoc3)CC2)cc1Cl. The van der Waals surface area contributed by atoms with Crippen LogP contribution in [-0.4, -0.2) is 43.8 Å². The number of furan rings is 1. The van der Waals surface area contributed by atoms with Gasteiger partial charge in [-0.3, -0.25) is 9.59 Å². The average molecular weight is 387 g/mol. The number of rotatable bonds is 5. The molecule has 1 amide bonds. The molecule has 0 aliphatic carbocycles. The molecular weight excluding hydrogens is 364 g/mol. The molecule has 1 aromatic heterocycles. The lowest BCUT2D eigenvalue weighted by atomic mass is 9.90. The number of carbonyl (C=O) groups is 2. The zero-order chi connectivity index (χ0) is 19.4. The minimum Gasteiger partial charge on any atom is -0.472 e. The van der Waals surface area contributed by atoms with Crippen LogP contribution >= 0.6 is 11.6 Å². The number of carbonyl (C=O) groups excluding carboxylic acids is 2. The van der Waals surface area contributed by atoms with Crippen molar-refractivity contribution in [2.24, 2.45) is 5.92 Å². The van der Waals surface area contributed by atoms with Crippen LogP contribution in [0.4, 0.5) is 5.69 Å². The molecule has 0 bridgehead atoms. The lowest BCUT2D eigenvalue weighted by Crippen LogP contribution is -2.39. The molecule has 1 saturated heterocycles. The zero-order valence-electron chi connectivity index (χ0n) is 15.5. The number of hydrogen-bond acceptors (Lipinski definition) is 4. The first kappa shape index (κ1) is 19.2. The highest BCUT2D eigenvalue weighted by atomic mass is 35.5. The van der Waals surface area contributed by atoms with Gasteiger partial charge in [-0.1, -0.05) is 17.7 Å². The summed E-state index contributed by atoms with van der Waals surface area (Å²) in [6.07, 6.45) is 7.68. The van der Waals surface area contributed by atoms with Gasteiger partial charge in [-0.2, -0.15) is 0 Å². The number of anilines is 1. The van der Waals surface area contributed by atoms with Crippen molar-refractivity contribution in [2.45, 2.75) is 12.8 Å². The molecule has 0 N–H and O–H groups in total. The Hall–Kier alpha value is -2.53. The van der Waals surface area contributed by atoms with Gasteiger partial charge in [0.1, 0.15) is 6.26 Å². The molecule has 27 heavy (non-hydrogen) atoms. The Morgan fingerprint density at radius 3 is 2.56 bits per heavy atom. The van der Waals surface area contributed by atoms with E-state index in [1.54, 1.807) is 23.1 Å². The Bertz CT molecular complexity index is 835. The first-order valence-corrected chi connectivity index (χ1v) is 9.34. The maximum Gasteiger partial charge on any atom is 0.246 e. The molecule has 0 unspecified atom stereocenters. The number of likely N-dealkylation sites (tertiary alicyclic amines) is 1. The van der Waals surface area contributed by atoms with E-state index in [-0.39, 0.29) is 17.6 Å². The molecule has 5 nitrogen and oxygen atoms in total. The lowest BCUT2D eigenvalue weighted by Gasteiger charge is -2.30. The van der Waals surface area contributed by atoms with Crippen molar-refractivity contribution >= 4 is 35.1 Å². The molecule has 1 aliphatic rings. The number of nitrogens with zero attached hydrogens (tertiary/aromatic N) is 2. The van der Waals surface area contributed by atoms with Crippen LogP contribution < -0.4 is 4.90 Å². The van der Waals surface area contributed by atoms with E-state index in [9.17, 15) is 9.59 Å². The summed E-state index contributed by atoms with van der Waals surface area (Å²) in [6, 6.07) is 7.39. The first-order chi connectivity index (χ1) is 13.0. The highest BCUT2D eigenvalue weighted by Gasteiger charge is 2.27. The molecule has 3 rings (SSSR count). The van der Waals surface area contributed by atoms with Gasteiger partial charge in [-0.25, -0.2) is 0 Å². The third-order valence-corrected chi connectivity index (χ3v) is 5.16. The summed E-state index contributed by atoms with van der Waals surface area (Å²) < 4.78 is 4.98. The number of piperidine rings is 1. The second kappa shape index (κ2) is 8.44. The Morgan fingerprint density at radius 2 is 1.96 bits per heavy atom. The number of benzene rings is 1. The zero-order valence-corrected chi connectivity index (χ0v) is 16.3. The van der Waals surface area contributed by atoms with Gasteiger partial charge in [0, 0.05) is 39.2 Å². The standard InChI is InChI=1S/C21H23ClN2O3/c1-23(2)19-5-3-15(13-18(19)22)4-6-20(25)24-10-7-16(8-11-24)21(26)17-9-12-27-14-17/h3-6,9,12-14,16H,7-8,10-11H2,1-2H3/b6-4+. The summed E-state index contributed by atoms with van der Waals surface area (Å²) in [6.45, 7) is 1.16. The van der Waals surface area contributed by atoms with E-state index >= 15 is 0 Å². The van der Waals surface area contributed by atoms with Crippen LogP contribution in [0.3, 0.4) is 0 Å². The predicted octanol–water partition coefficient (Wildman–Crippen LogP) is 4.13. The molecule has 1 aromatic carbocycles. The molecule has 6 heteroatoms. The van der Waals surface area contributed by atoms with Gasteiger partial charge in [-0.05, 0) is 42.7 Å². The van der Waals surface area contributed by atoms with Crippen molar-refractivity contribution in [1.82, 2.24) is 4.90 Å². The minimum absolute atomic E-state index is 0.0444. The van der Waals surface area contributed by atoms with E-state index in [1.807, 2.05) is 37.2 Å². The summed E-state index contributed by atoms with van der Waals surface area (Å²) in [7, 11) is 3.86. The van der Waals surface area contributed by atoms with Gasteiger partial charge < -0.3 is 14.2 Å². The van der Waals surface area contributed by atoms with E-state index in [4.69, 9.17) is 16.0 Å². The summed E-state index contributed by atoms with van der Waals surface area (Å²) in [4.78, 5) is 28.5. The monoisotopic (exact) mass is 386 g/mol. The summed E-state index contributed by atoms with van der Waals surface area (Å²) in [5.41, 5.74) is 2.42. The molecule has 1 fully saturated rings. The summed E-state index contributed by atoms with van der Waals surface area (Å²) >= 11 is 6.27. The normalized spacial score (nSPS) is 15.3. The Balaban J connectivity index is 1.56. The quantitative estimate of drug-likeness (QED) is 0.572. The summed E-state index contributed by atoms with van der Waals surface area (Å²) in [5.74, 6) is 0.00653. The van der Waals surface area contributed by atoms with E-state index in [0.29, 0.717) is 36.5 Å². The van der Waals surface area contributed by atoms with Gasteiger partial charge in [0.2, 0.25) is 5.91 Å². The van der Waals surface area contributed by atoms with Crippen LogP contribution in [0.25, 0.3) is 6.08 Å². The van der Waals surface area contributed by atoms with E-state index < -0.39 is 0 Å². The fourth-order valence-electron chi connectivity index (χ4n) is 3.26. The third kappa shape index (κ3) is 4.61. The molecule has 0 spiro atoms. The Morgan fingerprint density at radius 1 is 1.22 bits per heavy atom. The van der Waals surface area contributed by atoms with Crippen molar-refractivity contribution in [3.8, 4) is 0 Å². The van der Waals surface area contributed by atoms with Gasteiger partial charge in [-0.15, -0.1) is 0 Å². The average Bonchev–Trinajstić information content (AvgIpc) is 3.20. The molecule has 142 valence electrons. The second-order valence-electron chi connectivity index (χ2n) is 6.91. The van der Waals surface area contributed by atoms with Crippen molar-refractivity contribution in [3.05, 3.63) is 59.0 Å². The molecule has 0 atom stereocenters. The molecule has 2 heterocycles. The molecule has 2 aromatic rings. The minimum atomic E-state index is -0.0481. The topological polar surface area (TPSA) is 53.8 Å². The number of halogens is 1. The maximum absolute atomic E-state index is 12.4. The van der Waals surface area contributed by atoms with Crippen LogP contribution in [0.2, 0.25) is 5.02 Å². The van der Waals surface area contributed by atoms with Crippen LogP contribution in [0, 0.1) is 5.92 Å². The van der Waals surface area contributed by atoms with Crippen molar-refractivity contribution in [2.75, 3.05) is 32.1 Å². The van der Waals surface area contributed by atoms with Gasteiger partial charge in [0.15, 0.2) is 5.78 Å². The van der Waals surface area contributed by atoms with Gasteiger partial charge in [0.05, 0.1) is 22.5 Å². The largest absolute Gasteiger partial charge is 0.472 e. The molecule has 1 aliphatic heterocycles. The van der Waals surface area contributed by atoms with E-state index in [0.717, 1.165) is 11.3 Å². The smallest absolute Gasteiger partial charge is 0.246 e. The number of Topliss-reactive ketones (excluding diaryl/α,β-unsaturated/α-hetero) is 1. The van der Waals surface area contributed by atoms with Gasteiger partial charge in [0.25, 0.3) is 0 Å². The lowest BCUT2D eigenvalue weighted by molar-refractivity contribution is -0.127. The highest BCUT2D eigenvalue weighted by molar-refractivity contribution is 6.33. The van der Waals surface area contributed by atoms with Crippen molar-refractivity contribution < 1.29 is 14.0 Å². The van der Waals surface area contributed by atoms with Crippen LogP contribution in [-0.2, 0) is 4.79 Å². The highest BCUT2D eigenvalue weighted by Crippen LogP contribution is 2.26. The van der Waals surface area contributed by atoms with Crippen LogP contribution in [0.1, 0.15) is 28.8 Å². The van der Waals surface area contributed by atoms with Gasteiger partial charge >= 0.3 is 0 Å². The molecule has 0 saturated carbocycles. The number of ketones is 1. The molecular formula is C21H23ClN2O3. The fourth-order valence-corrected chi connectivity index (χ4v) is 3.62. The van der Waals surface area contributed by atoms with Crippen molar-refractivity contribution in [1.29, 1.82) is 0 Å².